The van der Waals surface area contributed by atoms with Crippen LogP contribution in [-0.2, 0) is 4.52 Å². The standard InChI is InChI=1S/C7H19O3P/c1-4-6-7-10-11(3,8,9)5-2/h8-9H,4-7H2,1-3H3. The molecule has 0 aliphatic heterocycles. The summed E-state index contributed by atoms with van der Waals surface area (Å²) < 4.78 is 5.05. The van der Waals surface area contributed by atoms with Crippen LogP contribution < -0.4 is 0 Å². The van der Waals surface area contributed by atoms with Gasteiger partial charge in [0.2, 0.25) is 0 Å². The van der Waals surface area contributed by atoms with E-state index in [9.17, 15) is 9.79 Å². The van der Waals surface area contributed by atoms with E-state index < -0.39 is 7.28 Å². The zero-order valence-electron chi connectivity index (χ0n) is 7.58. The molecule has 0 aliphatic carbocycles. The van der Waals surface area contributed by atoms with E-state index in [-0.39, 0.29) is 0 Å². The van der Waals surface area contributed by atoms with E-state index >= 15 is 0 Å². The third kappa shape index (κ3) is 5.57. The third-order valence-electron chi connectivity index (χ3n) is 1.65. The van der Waals surface area contributed by atoms with Crippen molar-refractivity contribution >= 4 is 7.28 Å². The molecule has 0 spiro atoms. The average Bonchev–Trinajstić information content (AvgIpc) is 1.88. The van der Waals surface area contributed by atoms with Crippen LogP contribution >= 0.6 is 7.28 Å². The first-order valence-electron chi connectivity index (χ1n) is 4.05. The van der Waals surface area contributed by atoms with Crippen molar-refractivity contribution in [2.45, 2.75) is 26.7 Å². The minimum atomic E-state index is -3.67. The predicted molar refractivity (Wildman–Crippen MR) is 48.7 cm³/mol. The molecule has 0 amide bonds. The number of hydrogen-bond donors (Lipinski definition) is 2. The molecular weight excluding hydrogens is 163 g/mol. The van der Waals surface area contributed by atoms with Crippen LogP contribution in [-0.4, -0.2) is 29.2 Å². The van der Waals surface area contributed by atoms with E-state index in [1.165, 1.54) is 6.66 Å². The van der Waals surface area contributed by atoms with Crippen LogP contribution in [0.4, 0.5) is 0 Å². The Bertz CT molecular complexity index is 117. The zero-order valence-corrected chi connectivity index (χ0v) is 8.47. The van der Waals surface area contributed by atoms with E-state index in [0.717, 1.165) is 12.8 Å². The van der Waals surface area contributed by atoms with Gasteiger partial charge in [0, 0.05) is 0 Å². The molecule has 0 rings (SSSR count). The van der Waals surface area contributed by atoms with Gasteiger partial charge in [-0.15, -0.1) is 0 Å². The van der Waals surface area contributed by atoms with Crippen LogP contribution in [0.5, 0.6) is 0 Å². The van der Waals surface area contributed by atoms with Gasteiger partial charge in [0.25, 0.3) is 0 Å². The fourth-order valence-corrected chi connectivity index (χ4v) is 1.32. The molecule has 0 atom stereocenters. The monoisotopic (exact) mass is 182 g/mol. The SMILES string of the molecule is CCCCOP(C)(O)(O)CC. The Kier molecular flexibility index (Phi) is 3.92. The van der Waals surface area contributed by atoms with Crippen molar-refractivity contribution in [1.29, 1.82) is 0 Å². The van der Waals surface area contributed by atoms with Gasteiger partial charge in [0.1, 0.15) is 0 Å². The Morgan fingerprint density at radius 3 is 2.18 bits per heavy atom. The van der Waals surface area contributed by atoms with Gasteiger partial charge in [-0.1, -0.05) is 0 Å². The van der Waals surface area contributed by atoms with Gasteiger partial charge in [-0.3, -0.25) is 0 Å². The molecule has 11 heavy (non-hydrogen) atoms. The van der Waals surface area contributed by atoms with Crippen LogP contribution in [0, 0.1) is 0 Å². The molecule has 0 heterocycles. The maximum atomic E-state index is 9.48. The Labute approximate surface area is 68.6 Å². The number of rotatable bonds is 5. The normalized spacial score (nSPS) is 15.9. The quantitative estimate of drug-likeness (QED) is 0.503. The minimum absolute atomic E-state index is 0.301. The predicted octanol–water partition coefficient (Wildman–Crippen LogP) is 1.74. The Morgan fingerprint density at radius 1 is 1.27 bits per heavy atom. The number of hydrogen-bond acceptors (Lipinski definition) is 3. The molecule has 4 heteroatoms. The van der Waals surface area contributed by atoms with Crippen molar-refractivity contribution in [3.05, 3.63) is 0 Å². The van der Waals surface area contributed by atoms with Crippen LogP contribution in [0.1, 0.15) is 26.7 Å². The molecule has 0 bridgehead atoms. The summed E-state index contributed by atoms with van der Waals surface area (Å²) in [5.74, 6) is 0. The first-order chi connectivity index (χ1) is 4.89. The van der Waals surface area contributed by atoms with Crippen molar-refractivity contribution in [1.82, 2.24) is 0 Å². The van der Waals surface area contributed by atoms with Crippen molar-refractivity contribution in [3.63, 3.8) is 0 Å². The van der Waals surface area contributed by atoms with E-state index in [1.807, 2.05) is 6.92 Å². The van der Waals surface area contributed by atoms with Gasteiger partial charge < -0.3 is 0 Å². The fourth-order valence-electron chi connectivity index (χ4n) is 0.538. The molecule has 0 aromatic rings. The van der Waals surface area contributed by atoms with Crippen LogP contribution in [0.15, 0.2) is 0 Å². The topological polar surface area (TPSA) is 49.7 Å². The molecule has 0 saturated heterocycles. The van der Waals surface area contributed by atoms with Gasteiger partial charge in [0.05, 0.1) is 0 Å². The Balaban J connectivity index is 3.72. The van der Waals surface area contributed by atoms with Crippen molar-refractivity contribution < 1.29 is 14.3 Å². The van der Waals surface area contributed by atoms with E-state index in [0.29, 0.717) is 12.8 Å². The summed E-state index contributed by atoms with van der Waals surface area (Å²) in [5.41, 5.74) is 0. The summed E-state index contributed by atoms with van der Waals surface area (Å²) in [5, 5.41) is 0. The van der Waals surface area contributed by atoms with Crippen molar-refractivity contribution in [2.24, 2.45) is 0 Å². The molecular formula is C7H19O3P. The molecule has 0 saturated carbocycles. The molecule has 0 aliphatic rings. The molecule has 0 fully saturated rings. The van der Waals surface area contributed by atoms with E-state index in [1.54, 1.807) is 6.92 Å². The van der Waals surface area contributed by atoms with Crippen molar-refractivity contribution in [3.8, 4) is 0 Å². The average molecular weight is 182 g/mol. The fraction of sp³-hybridized carbons (Fsp3) is 1.00. The molecule has 2 N–H and O–H groups in total. The molecule has 0 unspecified atom stereocenters. The summed E-state index contributed by atoms with van der Waals surface area (Å²) >= 11 is 0. The van der Waals surface area contributed by atoms with E-state index in [2.05, 4.69) is 0 Å². The van der Waals surface area contributed by atoms with Gasteiger partial charge in [0.15, 0.2) is 0 Å². The van der Waals surface area contributed by atoms with Gasteiger partial charge in [-0.25, -0.2) is 0 Å². The maximum absolute atomic E-state index is 9.48. The molecule has 0 aromatic carbocycles. The molecule has 0 radical (unpaired) electrons. The van der Waals surface area contributed by atoms with Gasteiger partial charge in [-0.2, -0.15) is 0 Å². The summed E-state index contributed by atoms with van der Waals surface area (Å²) in [4.78, 5) is 19.0. The molecule has 0 aromatic heterocycles. The number of unbranched alkanes of at least 4 members (excludes halogenated alkanes) is 1. The zero-order chi connectivity index (χ0) is 8.98. The third-order valence-corrected chi connectivity index (χ3v) is 3.96. The van der Waals surface area contributed by atoms with Crippen molar-refractivity contribution in [2.75, 3.05) is 19.4 Å². The Morgan fingerprint density at radius 2 is 1.82 bits per heavy atom. The molecule has 70 valence electrons. The second-order valence-electron chi connectivity index (χ2n) is 3.07. The summed E-state index contributed by atoms with van der Waals surface area (Å²) in [6, 6.07) is 0. The Hall–Kier alpha value is 0.310. The summed E-state index contributed by atoms with van der Waals surface area (Å²) in [7, 11) is -3.67. The van der Waals surface area contributed by atoms with Gasteiger partial charge >= 0.3 is 67.7 Å². The second-order valence-corrected chi connectivity index (χ2v) is 7.08. The van der Waals surface area contributed by atoms with Gasteiger partial charge in [-0.05, 0) is 0 Å². The first kappa shape index (κ1) is 11.3. The van der Waals surface area contributed by atoms with E-state index in [4.69, 9.17) is 4.52 Å². The van der Waals surface area contributed by atoms with Crippen LogP contribution in [0.3, 0.4) is 0 Å². The summed E-state index contributed by atoms with van der Waals surface area (Å²) in [6.45, 7) is 5.62. The summed E-state index contributed by atoms with van der Waals surface area (Å²) in [6.07, 6.45) is 2.19. The van der Waals surface area contributed by atoms with Crippen LogP contribution in [0.25, 0.3) is 0 Å². The first-order valence-corrected chi connectivity index (χ1v) is 6.74. The molecule has 3 nitrogen and oxygen atoms in total. The second kappa shape index (κ2) is 3.81. The van der Waals surface area contributed by atoms with Crippen LogP contribution in [0.2, 0.25) is 0 Å².